The molecule has 3 N–H and O–H groups in total. The number of amides is 1. The zero-order chi connectivity index (χ0) is 25.1. The van der Waals surface area contributed by atoms with Crippen molar-refractivity contribution in [3.63, 3.8) is 0 Å². The fraction of sp³-hybridized carbons (Fsp3) is 0.407. The topological polar surface area (TPSA) is 122 Å². The Labute approximate surface area is 210 Å². The molecule has 3 aromatic rings. The number of nitrogen functional groups attached to an aromatic ring is 1. The van der Waals surface area contributed by atoms with E-state index in [0.717, 1.165) is 56.4 Å². The molecule has 1 aromatic carbocycles. The average Bonchev–Trinajstić information content (AvgIpc) is 3.61. The smallest absolute Gasteiger partial charge is 0.223 e. The normalized spacial score (nSPS) is 18.1. The van der Waals surface area contributed by atoms with E-state index in [9.17, 15) is 10.1 Å². The van der Waals surface area contributed by atoms with Crippen molar-refractivity contribution in [1.29, 1.82) is 5.26 Å². The van der Waals surface area contributed by atoms with Crippen molar-refractivity contribution < 1.29 is 9.53 Å². The van der Waals surface area contributed by atoms with Crippen LogP contribution < -0.4 is 20.7 Å². The number of benzene rings is 1. The SMILES string of the molecule is COc1cc(-c2cc(N)nc(-n3ccnc3)c2C#N)cc(N2CCC(NC(=O)C3CCCCC3)C2)c1. The van der Waals surface area contributed by atoms with E-state index in [1.54, 1.807) is 36.5 Å². The molecule has 1 aliphatic heterocycles. The van der Waals surface area contributed by atoms with Gasteiger partial charge in [0, 0.05) is 54.8 Å². The number of methoxy groups -OCH3 is 1. The van der Waals surface area contributed by atoms with Gasteiger partial charge in [-0.15, -0.1) is 0 Å². The first-order valence-electron chi connectivity index (χ1n) is 12.5. The summed E-state index contributed by atoms with van der Waals surface area (Å²) < 4.78 is 7.29. The van der Waals surface area contributed by atoms with E-state index in [4.69, 9.17) is 10.5 Å². The summed E-state index contributed by atoms with van der Waals surface area (Å²) in [6.45, 7) is 1.56. The lowest BCUT2D eigenvalue weighted by atomic mass is 9.88. The Morgan fingerprint density at radius 3 is 2.75 bits per heavy atom. The molecule has 2 aromatic heterocycles. The van der Waals surface area contributed by atoms with Gasteiger partial charge in [0.05, 0.1) is 7.11 Å². The van der Waals surface area contributed by atoms with E-state index in [2.05, 4.69) is 26.3 Å². The molecule has 2 aliphatic rings. The quantitative estimate of drug-likeness (QED) is 0.546. The number of imidazole rings is 1. The standard InChI is InChI=1S/C27H31N7O2/c1-36-22-12-19(23-14-25(29)32-26(24(23)15-28)34-10-8-30-17-34)11-21(13-22)33-9-7-20(16-33)31-27(35)18-5-3-2-4-6-18/h8,10-14,17-18,20H,2-7,9,16H2,1H3,(H2,29,32)(H,31,35). The number of anilines is 2. The maximum atomic E-state index is 12.8. The molecule has 0 bridgehead atoms. The zero-order valence-corrected chi connectivity index (χ0v) is 20.5. The van der Waals surface area contributed by atoms with E-state index in [-0.39, 0.29) is 17.9 Å². The first-order chi connectivity index (χ1) is 17.6. The van der Waals surface area contributed by atoms with E-state index >= 15 is 0 Å². The molecule has 1 atom stereocenters. The molecule has 1 unspecified atom stereocenters. The van der Waals surface area contributed by atoms with Gasteiger partial charge in [-0.25, -0.2) is 9.97 Å². The Bertz CT molecular complexity index is 1280. The number of carbonyl (C=O) groups excluding carboxylic acids is 1. The lowest BCUT2D eigenvalue weighted by Crippen LogP contribution is -2.41. The second kappa shape index (κ2) is 10.3. The Kier molecular flexibility index (Phi) is 6.76. The summed E-state index contributed by atoms with van der Waals surface area (Å²) in [6.07, 6.45) is 11.4. The van der Waals surface area contributed by atoms with Gasteiger partial charge in [0.15, 0.2) is 5.82 Å². The van der Waals surface area contributed by atoms with Gasteiger partial charge in [0.25, 0.3) is 0 Å². The number of carbonyl (C=O) groups is 1. The zero-order valence-electron chi connectivity index (χ0n) is 20.5. The molecule has 0 spiro atoms. The Morgan fingerprint density at radius 2 is 2.03 bits per heavy atom. The Hall–Kier alpha value is -4.06. The largest absolute Gasteiger partial charge is 0.497 e. The maximum absolute atomic E-state index is 12.8. The van der Waals surface area contributed by atoms with Gasteiger partial charge in [0.2, 0.25) is 5.91 Å². The van der Waals surface area contributed by atoms with Crippen molar-refractivity contribution >= 4 is 17.4 Å². The summed E-state index contributed by atoms with van der Waals surface area (Å²) in [5.74, 6) is 1.78. The van der Waals surface area contributed by atoms with E-state index in [1.807, 2.05) is 18.2 Å². The fourth-order valence-corrected chi connectivity index (χ4v) is 5.30. The molecule has 3 heterocycles. The van der Waals surface area contributed by atoms with E-state index < -0.39 is 0 Å². The molecule has 186 valence electrons. The lowest BCUT2D eigenvalue weighted by Gasteiger charge is -2.24. The molecule has 5 rings (SSSR count). The summed E-state index contributed by atoms with van der Waals surface area (Å²) in [7, 11) is 1.63. The highest BCUT2D eigenvalue weighted by atomic mass is 16.5. The lowest BCUT2D eigenvalue weighted by molar-refractivity contribution is -0.126. The van der Waals surface area contributed by atoms with Crippen LogP contribution in [0, 0.1) is 17.2 Å². The van der Waals surface area contributed by atoms with Gasteiger partial charge in [-0.3, -0.25) is 9.36 Å². The molecule has 36 heavy (non-hydrogen) atoms. The molecule has 9 heteroatoms. The first kappa shape index (κ1) is 23.7. The van der Waals surface area contributed by atoms with Gasteiger partial charge in [-0.05, 0) is 43.0 Å². The summed E-state index contributed by atoms with van der Waals surface area (Å²) >= 11 is 0. The van der Waals surface area contributed by atoms with Gasteiger partial charge in [-0.1, -0.05) is 19.3 Å². The summed E-state index contributed by atoms with van der Waals surface area (Å²) in [6, 6.07) is 10.1. The number of hydrogen-bond acceptors (Lipinski definition) is 7. The number of nitrogens with zero attached hydrogens (tertiary/aromatic N) is 5. The highest BCUT2D eigenvalue weighted by molar-refractivity contribution is 5.80. The van der Waals surface area contributed by atoms with Crippen molar-refractivity contribution in [2.75, 3.05) is 30.8 Å². The minimum Gasteiger partial charge on any atom is -0.497 e. The van der Waals surface area contributed by atoms with Crippen LogP contribution in [0.5, 0.6) is 5.75 Å². The van der Waals surface area contributed by atoms with Crippen molar-refractivity contribution in [1.82, 2.24) is 19.9 Å². The fourth-order valence-electron chi connectivity index (χ4n) is 5.30. The van der Waals surface area contributed by atoms with Crippen LogP contribution in [0.2, 0.25) is 0 Å². The van der Waals surface area contributed by atoms with Crippen LogP contribution in [-0.4, -0.2) is 46.7 Å². The number of pyridine rings is 1. The van der Waals surface area contributed by atoms with Crippen LogP contribution >= 0.6 is 0 Å². The van der Waals surface area contributed by atoms with Crippen LogP contribution in [0.25, 0.3) is 16.9 Å². The number of aromatic nitrogens is 3. The van der Waals surface area contributed by atoms with Crippen LogP contribution in [0.3, 0.4) is 0 Å². The third-order valence-electron chi connectivity index (χ3n) is 7.19. The average molecular weight is 486 g/mol. The molecule has 2 fully saturated rings. The Morgan fingerprint density at radius 1 is 1.19 bits per heavy atom. The van der Waals surface area contributed by atoms with Gasteiger partial charge < -0.3 is 20.7 Å². The van der Waals surface area contributed by atoms with Gasteiger partial charge >= 0.3 is 0 Å². The molecule has 0 radical (unpaired) electrons. The number of ether oxygens (including phenoxy) is 1. The van der Waals surface area contributed by atoms with Crippen LogP contribution in [0.4, 0.5) is 11.5 Å². The molecular weight excluding hydrogens is 454 g/mol. The van der Waals surface area contributed by atoms with Crippen LogP contribution in [0.1, 0.15) is 44.1 Å². The minimum atomic E-state index is 0.119. The molecular formula is C27H31N7O2. The molecule has 1 saturated heterocycles. The van der Waals surface area contributed by atoms with Crippen LogP contribution in [0.15, 0.2) is 43.0 Å². The number of nitrogens with one attached hydrogen (secondary N) is 1. The van der Waals surface area contributed by atoms with Gasteiger partial charge in [0.1, 0.15) is 29.5 Å². The van der Waals surface area contributed by atoms with Gasteiger partial charge in [-0.2, -0.15) is 5.26 Å². The van der Waals surface area contributed by atoms with E-state index in [1.165, 1.54) is 6.42 Å². The van der Waals surface area contributed by atoms with Crippen molar-refractivity contribution in [3.05, 3.63) is 48.5 Å². The summed E-state index contributed by atoms with van der Waals surface area (Å²) in [5, 5.41) is 13.3. The minimum absolute atomic E-state index is 0.119. The Balaban J connectivity index is 1.42. The van der Waals surface area contributed by atoms with Crippen LogP contribution in [-0.2, 0) is 4.79 Å². The number of nitriles is 1. The highest BCUT2D eigenvalue weighted by Crippen LogP contribution is 2.36. The highest BCUT2D eigenvalue weighted by Gasteiger charge is 2.28. The molecule has 1 aliphatic carbocycles. The van der Waals surface area contributed by atoms with Crippen molar-refractivity contribution in [2.24, 2.45) is 5.92 Å². The second-order valence-corrected chi connectivity index (χ2v) is 9.57. The van der Waals surface area contributed by atoms with Crippen molar-refractivity contribution in [2.45, 2.75) is 44.6 Å². The predicted molar refractivity (Wildman–Crippen MR) is 138 cm³/mol. The first-order valence-corrected chi connectivity index (χ1v) is 12.5. The predicted octanol–water partition coefficient (Wildman–Crippen LogP) is 3.67. The number of hydrogen-bond donors (Lipinski definition) is 2. The number of rotatable bonds is 6. The van der Waals surface area contributed by atoms with E-state index in [0.29, 0.717) is 28.5 Å². The molecule has 9 nitrogen and oxygen atoms in total. The monoisotopic (exact) mass is 485 g/mol. The molecule has 1 saturated carbocycles. The van der Waals surface area contributed by atoms with Crippen molar-refractivity contribution in [3.8, 4) is 28.8 Å². The summed E-state index contributed by atoms with van der Waals surface area (Å²) in [5.41, 5.74) is 9.01. The third kappa shape index (κ3) is 4.85. The third-order valence-corrected chi connectivity index (χ3v) is 7.19. The summed E-state index contributed by atoms with van der Waals surface area (Å²) in [4.78, 5) is 23.5. The second-order valence-electron chi connectivity index (χ2n) is 9.57. The maximum Gasteiger partial charge on any atom is 0.223 e. The number of nitrogens with two attached hydrogens (primary N) is 1. The molecule has 1 amide bonds.